The van der Waals surface area contributed by atoms with Gasteiger partial charge < -0.3 is 39.4 Å². The predicted molar refractivity (Wildman–Crippen MR) is 247 cm³/mol. The first-order valence-corrected chi connectivity index (χ1v) is 24.0. The minimum atomic E-state index is -1.61. The van der Waals surface area contributed by atoms with Crippen LogP contribution in [0.15, 0.2) is 72.9 Å². The van der Waals surface area contributed by atoms with Crippen molar-refractivity contribution in [2.45, 2.75) is 218 Å². The molecule has 1 aliphatic heterocycles. The van der Waals surface area contributed by atoms with Crippen LogP contribution in [-0.2, 0) is 28.5 Å². The number of esters is 2. The molecule has 0 saturated carbocycles. The van der Waals surface area contributed by atoms with Gasteiger partial charge in [-0.15, -0.1) is 0 Å². The number of carbonyl (C=O) groups is 2. The van der Waals surface area contributed by atoms with Crippen molar-refractivity contribution in [1.82, 2.24) is 0 Å². The Balaban J connectivity index is 2.37. The minimum absolute atomic E-state index is 0.103. The Labute approximate surface area is 370 Å². The largest absolute Gasteiger partial charge is 0.462 e. The van der Waals surface area contributed by atoms with Crippen LogP contribution in [0.5, 0.6) is 0 Å². The fourth-order valence-electron chi connectivity index (χ4n) is 6.75. The maximum absolute atomic E-state index is 12.8. The van der Waals surface area contributed by atoms with Crippen molar-refractivity contribution in [3.8, 4) is 0 Å². The average Bonchev–Trinajstić information content (AvgIpc) is 3.26. The molecule has 2 unspecified atom stereocenters. The molecule has 0 aliphatic carbocycles. The molecule has 61 heavy (non-hydrogen) atoms. The van der Waals surface area contributed by atoms with Gasteiger partial charge in [0, 0.05) is 12.8 Å². The van der Waals surface area contributed by atoms with Crippen LogP contribution in [0.3, 0.4) is 0 Å². The molecule has 0 aromatic rings. The molecule has 0 amide bonds. The summed E-state index contributed by atoms with van der Waals surface area (Å²) in [6, 6.07) is 0. The number of rotatable bonds is 39. The Morgan fingerprint density at radius 3 is 1.49 bits per heavy atom. The summed E-state index contributed by atoms with van der Waals surface area (Å²) in [5.74, 6) is -0.911. The summed E-state index contributed by atoms with van der Waals surface area (Å²) in [6.07, 6.45) is 44.9. The Morgan fingerprint density at radius 1 is 0.508 bits per heavy atom. The monoisotopic (exact) mass is 859 g/mol. The molecule has 0 radical (unpaired) electrons. The average molecular weight is 859 g/mol. The highest BCUT2D eigenvalue weighted by atomic mass is 16.7. The van der Waals surface area contributed by atoms with Gasteiger partial charge in [-0.1, -0.05) is 164 Å². The first kappa shape index (κ1) is 56.2. The first-order valence-electron chi connectivity index (χ1n) is 24.0. The van der Waals surface area contributed by atoms with Crippen LogP contribution in [0.25, 0.3) is 0 Å². The van der Waals surface area contributed by atoms with E-state index in [1.54, 1.807) is 0 Å². The van der Waals surface area contributed by atoms with E-state index in [1.807, 2.05) is 12.2 Å². The van der Waals surface area contributed by atoms with Gasteiger partial charge >= 0.3 is 11.9 Å². The summed E-state index contributed by atoms with van der Waals surface area (Å²) in [5.41, 5.74) is 0. The molecule has 4 N–H and O–H groups in total. The molecule has 1 saturated heterocycles. The molecule has 1 fully saturated rings. The third-order valence-electron chi connectivity index (χ3n) is 10.6. The van der Waals surface area contributed by atoms with E-state index in [1.165, 1.54) is 89.9 Å². The van der Waals surface area contributed by atoms with Crippen molar-refractivity contribution in [2.24, 2.45) is 0 Å². The highest BCUT2D eigenvalue weighted by Gasteiger charge is 2.44. The van der Waals surface area contributed by atoms with Crippen molar-refractivity contribution >= 4 is 11.9 Å². The molecule has 0 aromatic heterocycles. The van der Waals surface area contributed by atoms with E-state index in [4.69, 9.17) is 18.9 Å². The van der Waals surface area contributed by atoms with Gasteiger partial charge in [-0.05, 0) is 77.0 Å². The van der Waals surface area contributed by atoms with Crippen molar-refractivity contribution in [2.75, 3.05) is 19.8 Å². The van der Waals surface area contributed by atoms with Gasteiger partial charge in [0.2, 0.25) is 0 Å². The fourth-order valence-corrected chi connectivity index (χ4v) is 6.75. The number of aliphatic hydroxyl groups excluding tert-OH is 4. The van der Waals surface area contributed by atoms with Crippen LogP contribution < -0.4 is 0 Å². The Kier molecular flexibility index (Phi) is 37.9. The number of carbonyl (C=O) groups excluding carboxylic acids is 2. The second-order valence-corrected chi connectivity index (χ2v) is 16.2. The first-order chi connectivity index (χ1) is 29.8. The van der Waals surface area contributed by atoms with E-state index in [9.17, 15) is 30.0 Å². The van der Waals surface area contributed by atoms with Crippen LogP contribution in [0.2, 0.25) is 0 Å². The zero-order valence-corrected chi connectivity index (χ0v) is 38.1. The van der Waals surface area contributed by atoms with Crippen LogP contribution in [0.4, 0.5) is 0 Å². The molecular formula is C51H86O10. The number of unbranched alkanes of at least 4 members (excludes halogenated alkanes) is 16. The van der Waals surface area contributed by atoms with E-state index in [0.717, 1.165) is 51.4 Å². The standard InChI is InChI=1S/C51H86O10/c1-3-5-7-9-11-13-15-17-19-21-22-24-26-28-30-32-34-36-38-40-47(54)60-44(43-59-51-50(57)49(56)48(55)45(41-52)61-51)42-58-46(53)39-37-35-33-31-29-27-25-23-20-18-16-14-12-10-8-6-4-2/h11,13,17-20,22,24,28,30,34,36,44-45,48-52,55-57H,3-10,12,14-16,21,23,25-27,29,31-33,35,37-43H2,1-2H3/b13-11+,19-17+,20-18+,24-22+,30-28+,36-34+/t44-,45-,48+,49?,50?,51-/m1/s1. The van der Waals surface area contributed by atoms with E-state index < -0.39 is 55.4 Å². The van der Waals surface area contributed by atoms with Crippen molar-refractivity contribution < 1.29 is 49.0 Å². The van der Waals surface area contributed by atoms with Crippen molar-refractivity contribution in [1.29, 1.82) is 0 Å². The van der Waals surface area contributed by atoms with Gasteiger partial charge in [-0.25, -0.2) is 0 Å². The number of hydrogen-bond acceptors (Lipinski definition) is 10. The van der Waals surface area contributed by atoms with Gasteiger partial charge in [-0.2, -0.15) is 0 Å². The quantitative estimate of drug-likeness (QED) is 0.0267. The number of ether oxygens (including phenoxy) is 4. The lowest BCUT2D eigenvalue weighted by Gasteiger charge is -2.39. The predicted octanol–water partition coefficient (Wildman–Crippen LogP) is 10.8. The van der Waals surface area contributed by atoms with Crippen molar-refractivity contribution in [3.63, 3.8) is 0 Å². The summed E-state index contributed by atoms with van der Waals surface area (Å²) >= 11 is 0. The van der Waals surface area contributed by atoms with E-state index in [0.29, 0.717) is 12.8 Å². The molecule has 0 bridgehead atoms. The van der Waals surface area contributed by atoms with Gasteiger partial charge in [0.1, 0.15) is 31.0 Å². The van der Waals surface area contributed by atoms with Gasteiger partial charge in [0.15, 0.2) is 12.4 Å². The highest BCUT2D eigenvalue weighted by molar-refractivity contribution is 5.70. The van der Waals surface area contributed by atoms with Crippen LogP contribution in [-0.4, -0.2) is 89.0 Å². The lowest BCUT2D eigenvalue weighted by Crippen LogP contribution is -2.59. The van der Waals surface area contributed by atoms with Gasteiger partial charge in [0.25, 0.3) is 0 Å². The summed E-state index contributed by atoms with van der Waals surface area (Å²) in [4.78, 5) is 25.4. The highest BCUT2D eigenvalue weighted by Crippen LogP contribution is 2.22. The van der Waals surface area contributed by atoms with Crippen LogP contribution >= 0.6 is 0 Å². The third-order valence-corrected chi connectivity index (χ3v) is 10.6. The van der Waals surface area contributed by atoms with Gasteiger partial charge in [0.05, 0.1) is 13.2 Å². The molecule has 350 valence electrons. The molecule has 6 atom stereocenters. The van der Waals surface area contributed by atoms with E-state index in [2.05, 4.69) is 74.6 Å². The number of aliphatic hydroxyl groups is 4. The SMILES string of the molecule is CCCCC/C=C/C/C=C/C/C=C/C/C=C/C/C=C/CCC(=O)O[C@H](COC(=O)CCCCCCCCC/C=C/CCCCCCCC)CO[C@@H]1O[C@H](CO)[C@H](O)C(O)C1O. The zero-order valence-electron chi connectivity index (χ0n) is 38.1. The maximum atomic E-state index is 12.8. The Bertz CT molecular complexity index is 1220. The zero-order chi connectivity index (χ0) is 44.4. The molecular weight excluding hydrogens is 773 g/mol. The number of hydrogen-bond donors (Lipinski definition) is 4. The molecule has 10 nitrogen and oxygen atoms in total. The molecule has 0 spiro atoms. The lowest BCUT2D eigenvalue weighted by molar-refractivity contribution is -0.305. The lowest BCUT2D eigenvalue weighted by atomic mass is 9.99. The molecule has 10 heteroatoms. The van der Waals surface area contributed by atoms with E-state index >= 15 is 0 Å². The normalized spacial score (nSPS) is 20.4. The molecule has 0 aromatic carbocycles. The third kappa shape index (κ3) is 32.5. The van der Waals surface area contributed by atoms with Crippen molar-refractivity contribution in [3.05, 3.63) is 72.9 Å². The molecule has 1 aliphatic rings. The summed E-state index contributed by atoms with van der Waals surface area (Å²) in [7, 11) is 0. The van der Waals surface area contributed by atoms with Crippen LogP contribution in [0, 0.1) is 0 Å². The van der Waals surface area contributed by atoms with Gasteiger partial charge in [-0.3, -0.25) is 9.59 Å². The number of allylic oxidation sites excluding steroid dienone is 12. The minimum Gasteiger partial charge on any atom is -0.462 e. The summed E-state index contributed by atoms with van der Waals surface area (Å²) in [6.45, 7) is 3.31. The molecule has 1 heterocycles. The molecule has 1 rings (SSSR count). The van der Waals surface area contributed by atoms with E-state index in [-0.39, 0.29) is 26.1 Å². The fraction of sp³-hybridized carbons (Fsp3) is 0.725. The Morgan fingerprint density at radius 2 is 0.951 bits per heavy atom. The smallest absolute Gasteiger partial charge is 0.306 e. The topological polar surface area (TPSA) is 152 Å². The second-order valence-electron chi connectivity index (χ2n) is 16.2. The maximum Gasteiger partial charge on any atom is 0.306 e. The Hall–Kier alpha value is -2.86. The summed E-state index contributed by atoms with van der Waals surface area (Å²) in [5, 5.41) is 40.1. The second kappa shape index (κ2) is 41.2. The van der Waals surface area contributed by atoms with Crippen LogP contribution in [0.1, 0.15) is 181 Å². The summed E-state index contributed by atoms with van der Waals surface area (Å²) < 4.78 is 22.1.